The molecular weight excluding hydrogens is 188 g/mol. The highest BCUT2D eigenvalue weighted by Crippen LogP contribution is 2.09. The molecule has 2 nitrogen and oxygen atoms in total. The van der Waals surface area contributed by atoms with Gasteiger partial charge in [-0.05, 0) is 30.7 Å². The topological polar surface area (TPSA) is 35.2 Å². The fourth-order valence-electron chi connectivity index (χ4n) is 1.00. The standard InChI is InChI=1S/C10H13F2NO/c11-9-3-2-8(6-10(9)12)7-14-5-1-4-13/h2-3,6H,1,4-5,7,13H2. The molecule has 0 unspecified atom stereocenters. The summed E-state index contributed by atoms with van der Waals surface area (Å²) in [6.45, 7) is 1.39. The van der Waals surface area contributed by atoms with Crippen LogP contribution < -0.4 is 5.73 Å². The SMILES string of the molecule is NCCCOCc1ccc(F)c(F)c1. The average Bonchev–Trinajstić information content (AvgIpc) is 2.18. The minimum absolute atomic E-state index is 0.289. The molecule has 0 radical (unpaired) electrons. The quantitative estimate of drug-likeness (QED) is 0.737. The molecule has 0 aliphatic carbocycles. The number of halogens is 2. The third kappa shape index (κ3) is 3.40. The molecule has 0 aliphatic rings. The van der Waals surface area contributed by atoms with Gasteiger partial charge in [-0.15, -0.1) is 0 Å². The lowest BCUT2D eigenvalue weighted by Crippen LogP contribution is -2.04. The van der Waals surface area contributed by atoms with Gasteiger partial charge in [-0.1, -0.05) is 6.07 Å². The molecule has 0 heterocycles. The molecule has 0 saturated heterocycles. The van der Waals surface area contributed by atoms with Crippen LogP contribution in [0, 0.1) is 11.6 Å². The first-order chi connectivity index (χ1) is 6.74. The zero-order valence-corrected chi connectivity index (χ0v) is 7.80. The molecule has 78 valence electrons. The first-order valence-corrected chi connectivity index (χ1v) is 4.46. The van der Waals surface area contributed by atoms with E-state index in [-0.39, 0.29) is 6.61 Å². The van der Waals surface area contributed by atoms with Crippen molar-refractivity contribution in [3.05, 3.63) is 35.4 Å². The predicted octanol–water partition coefficient (Wildman–Crippen LogP) is 1.83. The van der Waals surface area contributed by atoms with E-state index >= 15 is 0 Å². The van der Waals surface area contributed by atoms with Crippen LogP contribution in [0.1, 0.15) is 12.0 Å². The number of rotatable bonds is 5. The van der Waals surface area contributed by atoms with Gasteiger partial charge in [0.05, 0.1) is 6.61 Å². The first-order valence-electron chi connectivity index (χ1n) is 4.46. The smallest absolute Gasteiger partial charge is 0.159 e. The van der Waals surface area contributed by atoms with Crippen molar-refractivity contribution < 1.29 is 13.5 Å². The summed E-state index contributed by atoms with van der Waals surface area (Å²) >= 11 is 0. The minimum atomic E-state index is -0.843. The molecule has 0 fully saturated rings. The molecule has 0 amide bonds. The van der Waals surface area contributed by atoms with Gasteiger partial charge in [0.1, 0.15) is 0 Å². The largest absolute Gasteiger partial charge is 0.377 e. The third-order valence-electron chi connectivity index (χ3n) is 1.75. The summed E-state index contributed by atoms with van der Waals surface area (Å²) in [4.78, 5) is 0. The zero-order valence-electron chi connectivity index (χ0n) is 7.80. The Kier molecular flexibility index (Phi) is 4.49. The van der Waals surface area contributed by atoms with Crippen molar-refractivity contribution in [3.63, 3.8) is 0 Å². The summed E-state index contributed by atoms with van der Waals surface area (Å²) in [5.41, 5.74) is 5.89. The Morgan fingerprint density at radius 3 is 2.64 bits per heavy atom. The molecule has 4 heteroatoms. The lowest BCUT2D eigenvalue weighted by Gasteiger charge is -2.03. The second-order valence-electron chi connectivity index (χ2n) is 2.94. The highest BCUT2D eigenvalue weighted by atomic mass is 19.2. The monoisotopic (exact) mass is 201 g/mol. The number of nitrogens with two attached hydrogens (primary N) is 1. The van der Waals surface area contributed by atoms with Gasteiger partial charge in [0.25, 0.3) is 0 Å². The summed E-state index contributed by atoms with van der Waals surface area (Å²) < 4.78 is 30.4. The number of ether oxygens (including phenoxy) is 1. The Bertz CT molecular complexity index is 291. The van der Waals surface area contributed by atoms with Crippen LogP contribution in [0.4, 0.5) is 8.78 Å². The molecule has 1 rings (SSSR count). The number of hydrogen-bond donors (Lipinski definition) is 1. The summed E-state index contributed by atoms with van der Waals surface area (Å²) in [7, 11) is 0. The Labute approximate surface area is 81.7 Å². The normalized spacial score (nSPS) is 10.5. The molecule has 0 saturated carbocycles. The summed E-state index contributed by atoms with van der Waals surface area (Å²) in [5.74, 6) is -1.68. The zero-order chi connectivity index (χ0) is 10.4. The maximum Gasteiger partial charge on any atom is 0.159 e. The van der Waals surface area contributed by atoms with Crippen molar-refractivity contribution in [1.29, 1.82) is 0 Å². The molecule has 1 aromatic carbocycles. The van der Waals surface area contributed by atoms with Gasteiger partial charge in [0.15, 0.2) is 11.6 Å². The molecule has 14 heavy (non-hydrogen) atoms. The van der Waals surface area contributed by atoms with E-state index in [1.54, 1.807) is 0 Å². The van der Waals surface area contributed by atoms with Crippen LogP contribution in [0.5, 0.6) is 0 Å². The van der Waals surface area contributed by atoms with Crippen molar-refractivity contribution in [2.45, 2.75) is 13.0 Å². The molecular formula is C10H13F2NO. The van der Waals surface area contributed by atoms with E-state index in [1.165, 1.54) is 6.07 Å². The summed E-state index contributed by atoms with van der Waals surface area (Å²) in [6.07, 6.45) is 0.768. The second-order valence-corrected chi connectivity index (χ2v) is 2.94. The number of hydrogen-bond acceptors (Lipinski definition) is 2. The lowest BCUT2D eigenvalue weighted by molar-refractivity contribution is 0.119. The van der Waals surface area contributed by atoms with E-state index in [1.807, 2.05) is 0 Å². The molecule has 0 bridgehead atoms. The van der Waals surface area contributed by atoms with Crippen molar-refractivity contribution in [2.75, 3.05) is 13.2 Å². The van der Waals surface area contributed by atoms with Crippen molar-refractivity contribution in [3.8, 4) is 0 Å². The fourth-order valence-corrected chi connectivity index (χ4v) is 1.00. The van der Waals surface area contributed by atoms with Gasteiger partial charge in [0, 0.05) is 6.61 Å². The Hall–Kier alpha value is -1.00. The average molecular weight is 201 g/mol. The molecule has 0 aliphatic heterocycles. The van der Waals surface area contributed by atoms with Gasteiger partial charge in [0.2, 0.25) is 0 Å². The van der Waals surface area contributed by atoms with Gasteiger partial charge in [-0.2, -0.15) is 0 Å². The van der Waals surface area contributed by atoms with Crippen molar-refractivity contribution >= 4 is 0 Å². The minimum Gasteiger partial charge on any atom is -0.377 e. The van der Waals surface area contributed by atoms with Crippen molar-refractivity contribution in [1.82, 2.24) is 0 Å². The van der Waals surface area contributed by atoms with Gasteiger partial charge < -0.3 is 10.5 Å². The maximum absolute atomic E-state index is 12.7. The van der Waals surface area contributed by atoms with E-state index in [9.17, 15) is 8.78 Å². The lowest BCUT2D eigenvalue weighted by atomic mass is 10.2. The maximum atomic E-state index is 12.7. The highest BCUT2D eigenvalue weighted by Gasteiger charge is 2.01. The predicted molar refractivity (Wildman–Crippen MR) is 49.7 cm³/mol. The Balaban J connectivity index is 2.39. The second kappa shape index (κ2) is 5.67. The third-order valence-corrected chi connectivity index (χ3v) is 1.75. The molecule has 0 atom stereocenters. The fraction of sp³-hybridized carbons (Fsp3) is 0.400. The van der Waals surface area contributed by atoms with E-state index in [2.05, 4.69) is 0 Å². The van der Waals surface area contributed by atoms with Gasteiger partial charge in [-0.3, -0.25) is 0 Å². The first kappa shape index (κ1) is 11.1. The van der Waals surface area contributed by atoms with E-state index in [0.29, 0.717) is 18.7 Å². The summed E-state index contributed by atoms with van der Waals surface area (Å²) in [6, 6.07) is 3.73. The van der Waals surface area contributed by atoms with Crippen LogP contribution in [0.25, 0.3) is 0 Å². The highest BCUT2D eigenvalue weighted by molar-refractivity contribution is 5.16. The van der Waals surface area contributed by atoms with Crippen LogP contribution in [0.2, 0.25) is 0 Å². The molecule has 1 aromatic rings. The van der Waals surface area contributed by atoms with E-state index in [0.717, 1.165) is 18.6 Å². The van der Waals surface area contributed by atoms with E-state index < -0.39 is 11.6 Å². The van der Waals surface area contributed by atoms with Gasteiger partial charge >= 0.3 is 0 Å². The van der Waals surface area contributed by atoms with Crippen LogP contribution in [0.3, 0.4) is 0 Å². The Morgan fingerprint density at radius 2 is 2.00 bits per heavy atom. The van der Waals surface area contributed by atoms with Crippen LogP contribution in [-0.4, -0.2) is 13.2 Å². The van der Waals surface area contributed by atoms with Crippen LogP contribution >= 0.6 is 0 Å². The van der Waals surface area contributed by atoms with Crippen LogP contribution in [0.15, 0.2) is 18.2 Å². The van der Waals surface area contributed by atoms with Gasteiger partial charge in [-0.25, -0.2) is 8.78 Å². The van der Waals surface area contributed by atoms with E-state index in [4.69, 9.17) is 10.5 Å². The molecule has 0 spiro atoms. The Morgan fingerprint density at radius 1 is 1.21 bits per heavy atom. The van der Waals surface area contributed by atoms with Crippen molar-refractivity contribution in [2.24, 2.45) is 5.73 Å². The molecule has 2 N–H and O–H groups in total. The number of benzene rings is 1. The summed E-state index contributed by atoms with van der Waals surface area (Å²) in [5, 5.41) is 0. The molecule has 0 aromatic heterocycles. The van der Waals surface area contributed by atoms with Crippen LogP contribution in [-0.2, 0) is 11.3 Å².